The number of benzene rings is 1. The number of aromatic nitrogens is 1. The normalized spacial score (nSPS) is 11.5. The molecule has 0 radical (unpaired) electrons. The van der Waals surface area contributed by atoms with Crippen molar-refractivity contribution in [3.05, 3.63) is 69.7 Å². The lowest BCUT2D eigenvalue weighted by Crippen LogP contribution is -2.27. The fraction of sp³-hybridized carbons (Fsp3) is 0.222. The van der Waals surface area contributed by atoms with Crippen molar-refractivity contribution in [3.63, 3.8) is 0 Å². The summed E-state index contributed by atoms with van der Waals surface area (Å²) in [4.78, 5) is 16.6. The summed E-state index contributed by atoms with van der Waals surface area (Å²) < 4.78 is 0. The second kappa shape index (κ2) is 8.18. The van der Waals surface area contributed by atoms with Gasteiger partial charge in [-0.15, -0.1) is 0 Å². The lowest BCUT2D eigenvalue weighted by atomic mass is 10.1. The highest BCUT2D eigenvalue weighted by Gasteiger charge is 2.14. The monoisotopic (exact) mass is 363 g/mol. The van der Waals surface area contributed by atoms with Crippen LogP contribution in [0.25, 0.3) is 0 Å². The molecular formula is C18H19Cl2N3O. The summed E-state index contributed by atoms with van der Waals surface area (Å²) in [6, 6.07) is 11.4. The number of hydrogen-bond donors (Lipinski definition) is 2. The van der Waals surface area contributed by atoms with Gasteiger partial charge in [-0.05, 0) is 44.5 Å². The van der Waals surface area contributed by atoms with Gasteiger partial charge in [-0.25, -0.2) is 4.98 Å². The second-order valence-corrected chi connectivity index (χ2v) is 6.36. The van der Waals surface area contributed by atoms with E-state index in [1.807, 2.05) is 44.2 Å². The summed E-state index contributed by atoms with van der Waals surface area (Å²) in [6.45, 7) is 5.76. The molecule has 2 rings (SSSR count). The molecule has 0 spiro atoms. The molecule has 0 saturated heterocycles. The molecule has 0 aliphatic heterocycles. The Morgan fingerprint density at radius 1 is 1.17 bits per heavy atom. The largest absolute Gasteiger partial charge is 0.369 e. The topological polar surface area (TPSA) is 54.0 Å². The molecular weight excluding hydrogens is 345 g/mol. The van der Waals surface area contributed by atoms with E-state index in [9.17, 15) is 4.79 Å². The Balaban J connectivity index is 2.31. The molecule has 4 nitrogen and oxygen atoms in total. The number of carbonyl (C=O) groups is 1. The number of para-hydroxylation sites is 1. The van der Waals surface area contributed by atoms with Crippen molar-refractivity contribution in [2.75, 3.05) is 5.32 Å². The van der Waals surface area contributed by atoms with Crippen LogP contribution in [0.5, 0.6) is 0 Å². The van der Waals surface area contributed by atoms with Crippen LogP contribution in [0.2, 0.25) is 10.3 Å². The molecule has 0 unspecified atom stereocenters. The number of aryl methyl sites for hydroxylation is 1. The Labute approximate surface area is 151 Å². The zero-order chi connectivity index (χ0) is 17.7. The first-order valence-corrected chi connectivity index (χ1v) is 8.29. The number of hydrogen-bond acceptors (Lipinski definition) is 4. The van der Waals surface area contributed by atoms with Gasteiger partial charge in [-0.3, -0.25) is 4.79 Å². The Morgan fingerprint density at radius 2 is 1.83 bits per heavy atom. The van der Waals surface area contributed by atoms with Crippen molar-refractivity contribution in [3.8, 4) is 0 Å². The highest BCUT2D eigenvalue weighted by Crippen LogP contribution is 2.22. The van der Waals surface area contributed by atoms with Gasteiger partial charge >= 0.3 is 0 Å². The van der Waals surface area contributed by atoms with Crippen molar-refractivity contribution in [1.29, 1.82) is 0 Å². The van der Waals surface area contributed by atoms with Crippen molar-refractivity contribution in [2.45, 2.75) is 26.8 Å². The highest BCUT2D eigenvalue weighted by molar-refractivity contribution is 6.35. The molecule has 0 atom stereocenters. The van der Waals surface area contributed by atoms with Crippen LogP contribution < -0.4 is 10.6 Å². The molecule has 0 aliphatic rings. The predicted molar refractivity (Wildman–Crippen MR) is 99.7 cm³/mol. The van der Waals surface area contributed by atoms with Crippen molar-refractivity contribution >= 4 is 34.7 Å². The van der Waals surface area contributed by atoms with Crippen LogP contribution in [0.15, 0.2) is 48.3 Å². The summed E-state index contributed by atoms with van der Waals surface area (Å²) in [7, 11) is 0. The number of nitrogens with one attached hydrogen (secondary N) is 2. The van der Waals surface area contributed by atoms with Crippen LogP contribution in [-0.4, -0.2) is 16.8 Å². The number of carbonyl (C=O) groups excluding carboxylic acids is 1. The molecule has 1 aromatic heterocycles. The van der Waals surface area contributed by atoms with Crippen molar-refractivity contribution < 1.29 is 4.79 Å². The lowest BCUT2D eigenvalue weighted by Gasteiger charge is -2.16. The van der Waals surface area contributed by atoms with Crippen LogP contribution in [0.1, 0.15) is 29.8 Å². The fourth-order valence-electron chi connectivity index (χ4n) is 2.05. The fourth-order valence-corrected chi connectivity index (χ4v) is 2.47. The number of anilines is 1. The van der Waals surface area contributed by atoms with Gasteiger partial charge in [0, 0.05) is 17.8 Å². The van der Waals surface area contributed by atoms with E-state index in [4.69, 9.17) is 23.2 Å². The van der Waals surface area contributed by atoms with Crippen molar-refractivity contribution in [1.82, 2.24) is 10.3 Å². The van der Waals surface area contributed by atoms with E-state index in [1.54, 1.807) is 13.0 Å². The van der Waals surface area contributed by atoms with Crippen LogP contribution >= 0.6 is 23.2 Å². The average molecular weight is 364 g/mol. The van der Waals surface area contributed by atoms with Crippen LogP contribution in [0, 0.1) is 6.92 Å². The van der Waals surface area contributed by atoms with Gasteiger partial charge in [0.2, 0.25) is 0 Å². The molecule has 126 valence electrons. The molecule has 6 heteroatoms. The van der Waals surface area contributed by atoms with Crippen LogP contribution in [0.3, 0.4) is 0 Å². The maximum Gasteiger partial charge on any atom is 0.192 e. The van der Waals surface area contributed by atoms with Gasteiger partial charge in [0.05, 0.1) is 5.56 Å². The van der Waals surface area contributed by atoms with Gasteiger partial charge in [0.25, 0.3) is 0 Å². The Morgan fingerprint density at radius 3 is 2.46 bits per heavy atom. The molecule has 0 saturated carbocycles. The van der Waals surface area contributed by atoms with Crippen molar-refractivity contribution in [2.24, 2.45) is 0 Å². The standard InChI is InChI=1S/C18H19Cl2N3O/c1-11(2)21-16(22-13-7-5-4-6-8-13)10-15(24)14-9-12(3)17(19)23-18(14)20/h4-11,21-22H,1-3H3/b16-10-. The van der Waals surface area contributed by atoms with Gasteiger partial charge < -0.3 is 10.6 Å². The molecule has 1 heterocycles. The smallest absolute Gasteiger partial charge is 0.192 e. The first-order valence-electron chi connectivity index (χ1n) is 7.54. The number of halogens is 2. The third-order valence-corrected chi connectivity index (χ3v) is 3.81. The number of allylic oxidation sites excluding steroid dienone is 1. The molecule has 2 N–H and O–H groups in total. The molecule has 0 amide bonds. The molecule has 0 aliphatic carbocycles. The summed E-state index contributed by atoms with van der Waals surface area (Å²) in [5.74, 6) is 0.337. The third kappa shape index (κ3) is 4.98. The Kier molecular flexibility index (Phi) is 6.23. The minimum absolute atomic E-state index is 0.0930. The second-order valence-electron chi connectivity index (χ2n) is 5.65. The highest BCUT2D eigenvalue weighted by atomic mass is 35.5. The molecule has 24 heavy (non-hydrogen) atoms. The van der Waals surface area contributed by atoms with E-state index in [2.05, 4.69) is 15.6 Å². The van der Waals surface area contributed by atoms with E-state index in [0.29, 0.717) is 22.1 Å². The summed E-state index contributed by atoms with van der Waals surface area (Å²) >= 11 is 12.0. The number of rotatable bonds is 6. The quantitative estimate of drug-likeness (QED) is 0.438. The summed E-state index contributed by atoms with van der Waals surface area (Å²) in [5, 5.41) is 6.80. The molecule has 1 aromatic carbocycles. The van der Waals surface area contributed by atoms with E-state index in [-0.39, 0.29) is 17.0 Å². The van der Waals surface area contributed by atoms with Gasteiger partial charge in [-0.2, -0.15) is 0 Å². The Bertz CT molecular complexity index is 758. The van der Waals surface area contributed by atoms with Crippen LogP contribution in [0.4, 0.5) is 5.69 Å². The van der Waals surface area contributed by atoms with E-state index in [0.717, 1.165) is 5.69 Å². The maximum absolute atomic E-state index is 12.6. The summed E-state index contributed by atoms with van der Waals surface area (Å²) in [6.07, 6.45) is 1.48. The van der Waals surface area contributed by atoms with E-state index < -0.39 is 0 Å². The molecule has 0 bridgehead atoms. The maximum atomic E-state index is 12.6. The minimum atomic E-state index is -0.251. The third-order valence-electron chi connectivity index (χ3n) is 3.14. The van der Waals surface area contributed by atoms with Crippen LogP contribution in [-0.2, 0) is 0 Å². The lowest BCUT2D eigenvalue weighted by molar-refractivity contribution is 0.104. The zero-order valence-electron chi connectivity index (χ0n) is 13.7. The minimum Gasteiger partial charge on any atom is -0.369 e. The Hall–Kier alpha value is -2.04. The first kappa shape index (κ1) is 18.3. The molecule has 2 aromatic rings. The number of nitrogens with zero attached hydrogens (tertiary/aromatic N) is 1. The zero-order valence-corrected chi connectivity index (χ0v) is 15.2. The number of pyridine rings is 1. The van der Waals surface area contributed by atoms with E-state index >= 15 is 0 Å². The SMILES string of the molecule is Cc1cc(C(=O)/C=C(\Nc2ccccc2)NC(C)C)c(Cl)nc1Cl. The first-order chi connectivity index (χ1) is 11.4. The summed E-state index contributed by atoms with van der Waals surface area (Å²) in [5.41, 5.74) is 1.89. The molecule has 0 fully saturated rings. The van der Waals surface area contributed by atoms with E-state index in [1.165, 1.54) is 6.08 Å². The average Bonchev–Trinajstić information content (AvgIpc) is 2.51. The predicted octanol–water partition coefficient (Wildman–Crippen LogP) is 4.83. The van der Waals surface area contributed by atoms with Gasteiger partial charge in [0.15, 0.2) is 5.78 Å². The number of ketones is 1. The van der Waals surface area contributed by atoms with Gasteiger partial charge in [0.1, 0.15) is 16.1 Å². The van der Waals surface area contributed by atoms with Gasteiger partial charge in [-0.1, -0.05) is 41.4 Å².